The summed E-state index contributed by atoms with van der Waals surface area (Å²) in [5.74, 6) is -0.394. The predicted molar refractivity (Wildman–Crippen MR) is 70.5 cm³/mol. The molecule has 0 unspecified atom stereocenters. The fourth-order valence-corrected chi connectivity index (χ4v) is 2.00. The number of carbonyl (C=O) groups is 1. The Morgan fingerprint density at radius 2 is 1.84 bits per heavy atom. The molecule has 0 fully saturated rings. The minimum Gasteiger partial charge on any atom is -0.422 e. The second kappa shape index (κ2) is 4.24. The van der Waals surface area contributed by atoms with Crippen molar-refractivity contribution in [2.24, 2.45) is 0 Å². The van der Waals surface area contributed by atoms with Gasteiger partial charge in [0.2, 0.25) is 0 Å². The molecule has 1 aliphatic rings. The lowest BCUT2D eigenvalue weighted by Crippen LogP contribution is -1.92. The molecule has 0 aliphatic carbocycles. The summed E-state index contributed by atoms with van der Waals surface area (Å²) < 4.78 is 18.3. The third kappa shape index (κ3) is 1.97. The lowest BCUT2D eigenvalue weighted by molar-refractivity contribution is 0.0717. The lowest BCUT2D eigenvalue weighted by atomic mass is 10.1. The quantitative estimate of drug-likeness (QED) is 0.629. The monoisotopic (exact) mass is 255 g/mol. The Bertz CT molecular complexity index is 707. The summed E-state index contributed by atoms with van der Waals surface area (Å²) in [4.78, 5) is 11.6. The Kier molecular flexibility index (Phi) is 2.56. The average Bonchev–Trinajstić information content (AvgIpc) is 2.72. The molecule has 2 aromatic rings. The number of hydrogen-bond acceptors (Lipinski definition) is 3. The number of anilines is 1. The molecule has 94 valence electrons. The van der Waals surface area contributed by atoms with E-state index in [1.54, 1.807) is 30.3 Å². The molecule has 0 saturated heterocycles. The zero-order valence-electron chi connectivity index (χ0n) is 9.89. The molecule has 3 rings (SSSR count). The van der Waals surface area contributed by atoms with Crippen LogP contribution in [0.3, 0.4) is 0 Å². The van der Waals surface area contributed by atoms with Crippen LogP contribution in [0, 0.1) is 5.82 Å². The van der Waals surface area contributed by atoms with Gasteiger partial charge in [0.1, 0.15) is 11.6 Å². The number of benzene rings is 2. The van der Waals surface area contributed by atoms with Crippen LogP contribution in [0.2, 0.25) is 0 Å². The first-order valence-corrected chi connectivity index (χ1v) is 5.73. The van der Waals surface area contributed by atoms with Crippen molar-refractivity contribution in [1.29, 1.82) is 0 Å². The molecule has 4 heteroatoms. The first-order chi connectivity index (χ1) is 9.15. The highest BCUT2D eigenvalue weighted by Gasteiger charge is 2.25. The highest BCUT2D eigenvalue weighted by Crippen LogP contribution is 2.31. The van der Waals surface area contributed by atoms with Gasteiger partial charge in [-0.05, 0) is 29.8 Å². The van der Waals surface area contributed by atoms with Gasteiger partial charge in [-0.2, -0.15) is 0 Å². The number of ether oxygens (including phenoxy) is 1. The van der Waals surface area contributed by atoms with E-state index in [0.717, 1.165) is 5.56 Å². The highest BCUT2D eigenvalue weighted by atomic mass is 19.1. The Hall–Kier alpha value is -2.62. The van der Waals surface area contributed by atoms with Crippen molar-refractivity contribution >= 4 is 23.5 Å². The van der Waals surface area contributed by atoms with Crippen molar-refractivity contribution in [2.45, 2.75) is 0 Å². The average molecular weight is 255 g/mol. The van der Waals surface area contributed by atoms with Crippen LogP contribution >= 0.6 is 0 Å². The van der Waals surface area contributed by atoms with E-state index in [9.17, 15) is 9.18 Å². The van der Waals surface area contributed by atoms with Gasteiger partial charge in [0.05, 0.1) is 11.3 Å². The van der Waals surface area contributed by atoms with E-state index in [0.29, 0.717) is 16.9 Å². The minimum atomic E-state index is -0.467. The molecule has 2 aromatic carbocycles. The molecule has 0 bridgehead atoms. The van der Waals surface area contributed by atoms with E-state index in [4.69, 9.17) is 10.5 Å². The van der Waals surface area contributed by atoms with Gasteiger partial charge in [0, 0.05) is 5.56 Å². The fraction of sp³-hybridized carbons (Fsp3) is 0. The maximum atomic E-state index is 13.1. The maximum absolute atomic E-state index is 13.1. The number of nitrogen functional groups attached to an aromatic ring is 1. The van der Waals surface area contributed by atoms with Gasteiger partial charge in [0.15, 0.2) is 0 Å². The topological polar surface area (TPSA) is 52.3 Å². The molecule has 0 aromatic heterocycles. The molecule has 0 radical (unpaired) electrons. The van der Waals surface area contributed by atoms with Gasteiger partial charge < -0.3 is 10.5 Å². The van der Waals surface area contributed by atoms with E-state index in [1.165, 1.54) is 12.1 Å². The van der Waals surface area contributed by atoms with Crippen molar-refractivity contribution in [3.05, 3.63) is 65.0 Å². The smallest absolute Gasteiger partial charge is 0.344 e. The number of esters is 1. The second-order valence-corrected chi connectivity index (χ2v) is 4.22. The molecule has 1 aliphatic heterocycles. The van der Waals surface area contributed by atoms with Crippen molar-refractivity contribution in [2.75, 3.05) is 5.73 Å². The van der Waals surface area contributed by atoms with Crippen LogP contribution < -0.4 is 5.73 Å². The SMILES string of the molecule is Nc1cc(/C=C2\OC(=O)c3ccccc32)ccc1F. The molecule has 0 spiro atoms. The van der Waals surface area contributed by atoms with Crippen LogP contribution in [0.1, 0.15) is 21.5 Å². The Balaban J connectivity index is 2.06. The van der Waals surface area contributed by atoms with Crippen LogP contribution in [0.4, 0.5) is 10.1 Å². The summed E-state index contributed by atoms with van der Waals surface area (Å²) >= 11 is 0. The lowest BCUT2D eigenvalue weighted by Gasteiger charge is -2.01. The number of carbonyl (C=O) groups excluding carboxylic acids is 1. The first-order valence-electron chi connectivity index (χ1n) is 5.73. The van der Waals surface area contributed by atoms with Crippen LogP contribution in [-0.2, 0) is 4.74 Å². The first kappa shape index (κ1) is 11.5. The molecule has 1 heterocycles. The van der Waals surface area contributed by atoms with Crippen molar-refractivity contribution in [1.82, 2.24) is 0 Å². The molecule has 0 amide bonds. The zero-order valence-corrected chi connectivity index (χ0v) is 9.89. The fourth-order valence-electron chi connectivity index (χ4n) is 2.00. The van der Waals surface area contributed by atoms with E-state index >= 15 is 0 Å². The van der Waals surface area contributed by atoms with Gasteiger partial charge >= 0.3 is 5.97 Å². The van der Waals surface area contributed by atoms with Gasteiger partial charge in [-0.15, -0.1) is 0 Å². The summed E-state index contributed by atoms with van der Waals surface area (Å²) in [5, 5.41) is 0. The van der Waals surface area contributed by atoms with E-state index in [2.05, 4.69) is 0 Å². The Morgan fingerprint density at radius 3 is 2.58 bits per heavy atom. The Labute approximate surface area is 109 Å². The molecule has 3 nitrogen and oxygen atoms in total. The largest absolute Gasteiger partial charge is 0.422 e. The third-order valence-electron chi connectivity index (χ3n) is 2.93. The summed E-state index contributed by atoms with van der Waals surface area (Å²) in [5.41, 5.74) is 7.51. The van der Waals surface area contributed by atoms with Gasteiger partial charge in [0.25, 0.3) is 0 Å². The Morgan fingerprint density at radius 1 is 1.11 bits per heavy atom. The summed E-state index contributed by atoms with van der Waals surface area (Å²) in [6.45, 7) is 0. The van der Waals surface area contributed by atoms with Crippen LogP contribution in [0.25, 0.3) is 11.8 Å². The van der Waals surface area contributed by atoms with E-state index in [-0.39, 0.29) is 11.7 Å². The summed E-state index contributed by atoms with van der Waals surface area (Å²) in [6.07, 6.45) is 1.67. The van der Waals surface area contributed by atoms with E-state index < -0.39 is 5.82 Å². The summed E-state index contributed by atoms with van der Waals surface area (Å²) in [6, 6.07) is 11.5. The van der Waals surface area contributed by atoms with Crippen molar-refractivity contribution in [3.8, 4) is 0 Å². The molecular weight excluding hydrogens is 245 g/mol. The van der Waals surface area contributed by atoms with E-state index in [1.807, 2.05) is 6.07 Å². The number of rotatable bonds is 1. The third-order valence-corrected chi connectivity index (χ3v) is 2.93. The molecule has 0 atom stereocenters. The van der Waals surface area contributed by atoms with Gasteiger partial charge in [-0.25, -0.2) is 9.18 Å². The van der Waals surface area contributed by atoms with Gasteiger partial charge in [-0.1, -0.05) is 24.3 Å². The summed E-state index contributed by atoms with van der Waals surface area (Å²) in [7, 11) is 0. The zero-order chi connectivity index (χ0) is 13.4. The number of cyclic esters (lactones) is 1. The normalized spacial score (nSPS) is 15.4. The van der Waals surface area contributed by atoms with Crippen molar-refractivity contribution < 1.29 is 13.9 Å². The molecular formula is C15H10FNO2. The second-order valence-electron chi connectivity index (χ2n) is 4.22. The number of halogens is 1. The van der Waals surface area contributed by atoms with Crippen LogP contribution in [0.15, 0.2) is 42.5 Å². The molecule has 2 N–H and O–H groups in total. The van der Waals surface area contributed by atoms with Crippen LogP contribution in [0.5, 0.6) is 0 Å². The minimum absolute atomic E-state index is 0.0620. The standard InChI is InChI=1S/C15H10FNO2/c16-12-6-5-9(7-13(12)17)8-14-10-3-1-2-4-11(10)15(18)19-14/h1-8H,17H2/b14-8-. The molecule has 19 heavy (non-hydrogen) atoms. The number of nitrogens with two attached hydrogens (primary N) is 1. The number of hydrogen-bond donors (Lipinski definition) is 1. The highest BCUT2D eigenvalue weighted by molar-refractivity contribution is 6.05. The maximum Gasteiger partial charge on any atom is 0.344 e. The molecule has 0 saturated carbocycles. The van der Waals surface area contributed by atoms with Gasteiger partial charge in [-0.3, -0.25) is 0 Å². The van der Waals surface area contributed by atoms with Crippen molar-refractivity contribution in [3.63, 3.8) is 0 Å². The van der Waals surface area contributed by atoms with Crippen LogP contribution in [-0.4, -0.2) is 5.97 Å². The number of fused-ring (bicyclic) bond motifs is 1. The predicted octanol–water partition coefficient (Wildman–Crippen LogP) is 3.08.